The fraction of sp³-hybridized carbons (Fsp3) is 0.565. The van der Waals surface area contributed by atoms with E-state index in [9.17, 15) is 33.0 Å². The number of carbonyl (C=O) groups is 2. The van der Waals surface area contributed by atoms with Crippen LogP contribution >= 0.6 is 0 Å². The Hall–Kier alpha value is -2.39. The summed E-state index contributed by atoms with van der Waals surface area (Å²) in [7, 11) is 0. The Balaban J connectivity index is 1.83. The molecule has 0 spiro atoms. The lowest BCUT2D eigenvalue weighted by Crippen LogP contribution is -2.20. The van der Waals surface area contributed by atoms with Gasteiger partial charge in [-0.1, -0.05) is 37.5 Å². The first kappa shape index (κ1) is 25.9. The van der Waals surface area contributed by atoms with Crippen molar-refractivity contribution < 1.29 is 42.8 Å². The Labute approximate surface area is 184 Å². The van der Waals surface area contributed by atoms with Gasteiger partial charge in [-0.25, -0.2) is 0 Å². The van der Waals surface area contributed by atoms with Gasteiger partial charge < -0.3 is 20.1 Å². The number of unbranched alkanes of at least 4 members (excludes halogenated alkanes) is 3. The van der Waals surface area contributed by atoms with Crippen molar-refractivity contribution in [3.05, 3.63) is 42.0 Å². The van der Waals surface area contributed by atoms with E-state index in [-0.39, 0.29) is 36.9 Å². The van der Waals surface area contributed by atoms with E-state index < -0.39 is 35.8 Å². The molecule has 9 heteroatoms. The normalized spacial score (nSPS) is 22.4. The molecule has 0 aromatic heterocycles. The van der Waals surface area contributed by atoms with Gasteiger partial charge in [0.2, 0.25) is 0 Å². The zero-order valence-electron chi connectivity index (χ0n) is 17.6. The first-order valence-corrected chi connectivity index (χ1v) is 10.7. The maximum absolute atomic E-state index is 12.8. The van der Waals surface area contributed by atoms with Crippen molar-refractivity contribution in [3.63, 3.8) is 0 Å². The summed E-state index contributed by atoms with van der Waals surface area (Å²) < 4.78 is 43.5. The number of allylic oxidation sites excluding steroid dienone is 1. The summed E-state index contributed by atoms with van der Waals surface area (Å²) in [5.41, 5.74) is -0.851. The highest BCUT2D eigenvalue weighted by Crippen LogP contribution is 2.35. The van der Waals surface area contributed by atoms with Crippen LogP contribution in [0.5, 0.6) is 5.75 Å². The molecule has 6 nitrogen and oxygen atoms in total. The van der Waals surface area contributed by atoms with Crippen LogP contribution in [0.1, 0.15) is 50.5 Å². The Morgan fingerprint density at radius 3 is 2.62 bits per heavy atom. The molecule has 1 aliphatic rings. The third-order valence-electron chi connectivity index (χ3n) is 5.54. The largest absolute Gasteiger partial charge is 0.491 e. The molecule has 178 valence electrons. The van der Waals surface area contributed by atoms with Gasteiger partial charge in [0.1, 0.15) is 24.2 Å². The van der Waals surface area contributed by atoms with Gasteiger partial charge in [-0.05, 0) is 37.0 Å². The second kappa shape index (κ2) is 12.0. The number of carbonyl (C=O) groups excluding carboxylic acids is 1. The topological polar surface area (TPSA) is 104 Å². The summed E-state index contributed by atoms with van der Waals surface area (Å²) in [5.74, 6) is -1.82. The minimum Gasteiger partial charge on any atom is -0.491 e. The summed E-state index contributed by atoms with van der Waals surface area (Å²) in [4.78, 5) is 22.8. The van der Waals surface area contributed by atoms with Crippen molar-refractivity contribution in [3.8, 4) is 5.75 Å². The highest BCUT2D eigenvalue weighted by Gasteiger charge is 2.39. The molecule has 0 saturated heterocycles. The highest BCUT2D eigenvalue weighted by atomic mass is 19.4. The first-order chi connectivity index (χ1) is 15.1. The number of ether oxygens (including phenoxy) is 1. The van der Waals surface area contributed by atoms with Crippen LogP contribution in [-0.2, 0) is 15.8 Å². The third-order valence-corrected chi connectivity index (χ3v) is 5.54. The molecule has 1 aromatic rings. The van der Waals surface area contributed by atoms with Gasteiger partial charge in [0.15, 0.2) is 0 Å². The number of carboxylic acids is 1. The van der Waals surface area contributed by atoms with E-state index in [1.165, 1.54) is 24.3 Å². The third kappa shape index (κ3) is 8.27. The summed E-state index contributed by atoms with van der Waals surface area (Å²) in [6.45, 7) is -0.282. The van der Waals surface area contributed by atoms with E-state index in [1.54, 1.807) is 0 Å². The summed E-state index contributed by atoms with van der Waals surface area (Å²) in [6, 6.07) is 4.34. The zero-order chi connectivity index (χ0) is 23.7. The fourth-order valence-electron chi connectivity index (χ4n) is 3.85. The van der Waals surface area contributed by atoms with Crippen molar-refractivity contribution >= 4 is 11.8 Å². The van der Waals surface area contributed by atoms with E-state index in [2.05, 4.69) is 0 Å². The molecule has 4 atom stereocenters. The number of aliphatic hydroxyl groups excluding tert-OH is 2. The van der Waals surface area contributed by atoms with Crippen LogP contribution in [0.4, 0.5) is 13.2 Å². The zero-order valence-corrected chi connectivity index (χ0v) is 17.6. The number of hydrogen-bond acceptors (Lipinski definition) is 5. The Morgan fingerprint density at radius 1 is 1.22 bits per heavy atom. The second-order valence-electron chi connectivity index (χ2n) is 8.06. The smallest absolute Gasteiger partial charge is 0.416 e. The van der Waals surface area contributed by atoms with Crippen molar-refractivity contribution in [2.75, 3.05) is 6.61 Å². The van der Waals surface area contributed by atoms with Gasteiger partial charge in [0.25, 0.3) is 0 Å². The molecule has 3 N–H and O–H groups in total. The maximum Gasteiger partial charge on any atom is 0.416 e. The van der Waals surface area contributed by atoms with E-state index in [0.29, 0.717) is 12.8 Å². The molecular weight excluding hydrogens is 429 g/mol. The van der Waals surface area contributed by atoms with Crippen LogP contribution in [0, 0.1) is 11.8 Å². The SMILES string of the molecule is O=C(O)CCCCCC[C@H]1[C@@H](O)CC(=O)[C@@H]1/C=C/[C@H](O)COc1cccc(C(F)(F)F)c1. The monoisotopic (exact) mass is 458 g/mol. The Bertz CT molecular complexity index is 792. The predicted molar refractivity (Wildman–Crippen MR) is 110 cm³/mol. The Morgan fingerprint density at radius 2 is 1.94 bits per heavy atom. The summed E-state index contributed by atoms with van der Waals surface area (Å²) in [5, 5.41) is 28.9. The van der Waals surface area contributed by atoms with E-state index in [1.807, 2.05) is 0 Å². The van der Waals surface area contributed by atoms with Crippen molar-refractivity contribution in [1.29, 1.82) is 0 Å². The standard InChI is InChI=1S/C23H29F3O6/c24-23(25,26)15-6-5-7-17(12-15)32-14-16(27)10-11-19-18(20(28)13-21(19)29)8-3-1-2-4-9-22(30)31/h5-7,10-12,16,18-20,27-28H,1-4,8-9,13-14H2,(H,30,31)/b11-10+/t16-,18+,19+,20-/m0/s1. The van der Waals surface area contributed by atoms with E-state index >= 15 is 0 Å². The van der Waals surface area contributed by atoms with Crippen LogP contribution in [0.15, 0.2) is 36.4 Å². The van der Waals surface area contributed by atoms with Crippen molar-refractivity contribution in [2.24, 2.45) is 11.8 Å². The van der Waals surface area contributed by atoms with Crippen LogP contribution < -0.4 is 4.74 Å². The molecule has 1 aromatic carbocycles. The lowest BCUT2D eigenvalue weighted by atomic mass is 9.88. The maximum atomic E-state index is 12.8. The highest BCUT2D eigenvalue weighted by molar-refractivity contribution is 5.86. The molecule has 0 heterocycles. The molecule has 1 saturated carbocycles. The summed E-state index contributed by atoms with van der Waals surface area (Å²) >= 11 is 0. The van der Waals surface area contributed by atoms with Gasteiger partial charge >= 0.3 is 12.1 Å². The van der Waals surface area contributed by atoms with Gasteiger partial charge in [-0.2, -0.15) is 13.2 Å². The average Bonchev–Trinajstić information content (AvgIpc) is 2.99. The van der Waals surface area contributed by atoms with Crippen LogP contribution in [0.2, 0.25) is 0 Å². The molecule has 32 heavy (non-hydrogen) atoms. The molecule has 0 radical (unpaired) electrons. The number of aliphatic hydroxyl groups is 2. The van der Waals surface area contributed by atoms with E-state index in [0.717, 1.165) is 31.4 Å². The summed E-state index contributed by atoms with van der Waals surface area (Å²) in [6.07, 6.45) is 0.167. The number of Topliss-reactive ketones (excluding diaryl/α,β-unsaturated/α-hetero) is 1. The molecule has 1 aliphatic carbocycles. The second-order valence-corrected chi connectivity index (χ2v) is 8.06. The number of hydrogen-bond donors (Lipinski definition) is 3. The van der Waals surface area contributed by atoms with Gasteiger partial charge in [-0.3, -0.25) is 9.59 Å². The van der Waals surface area contributed by atoms with E-state index in [4.69, 9.17) is 9.84 Å². The van der Waals surface area contributed by atoms with Crippen LogP contribution in [-0.4, -0.2) is 45.9 Å². The Kier molecular flexibility index (Phi) is 9.71. The molecule has 0 bridgehead atoms. The fourth-order valence-corrected chi connectivity index (χ4v) is 3.85. The molecular formula is C23H29F3O6. The molecule has 1 fully saturated rings. The number of aliphatic carboxylic acids is 1. The lowest BCUT2D eigenvalue weighted by molar-refractivity contribution is -0.138. The minimum absolute atomic E-state index is 0.0274. The number of carboxylic acid groups (broad SMARTS) is 1. The van der Waals surface area contributed by atoms with Crippen molar-refractivity contribution in [2.45, 2.75) is 63.3 Å². The number of ketones is 1. The number of alkyl halides is 3. The number of benzene rings is 1. The van der Waals surface area contributed by atoms with Crippen molar-refractivity contribution in [1.82, 2.24) is 0 Å². The molecule has 2 rings (SSSR count). The van der Waals surface area contributed by atoms with Gasteiger partial charge in [-0.15, -0.1) is 0 Å². The molecule has 0 aliphatic heterocycles. The van der Waals surface area contributed by atoms with Crippen LogP contribution in [0.3, 0.4) is 0 Å². The van der Waals surface area contributed by atoms with Gasteiger partial charge in [0.05, 0.1) is 11.7 Å². The van der Waals surface area contributed by atoms with Crippen LogP contribution in [0.25, 0.3) is 0 Å². The number of halogens is 3. The lowest BCUT2D eigenvalue weighted by Gasteiger charge is -2.19. The molecule has 0 amide bonds. The number of rotatable bonds is 12. The first-order valence-electron chi connectivity index (χ1n) is 10.7. The average molecular weight is 458 g/mol. The minimum atomic E-state index is -4.49. The quantitative estimate of drug-likeness (QED) is 0.323. The van der Waals surface area contributed by atoms with Gasteiger partial charge in [0, 0.05) is 18.8 Å². The predicted octanol–water partition coefficient (Wildman–Crippen LogP) is 3.99. The molecule has 0 unspecified atom stereocenters.